The third-order valence-electron chi connectivity index (χ3n) is 3.52. The first kappa shape index (κ1) is 17.0. The van der Waals surface area contributed by atoms with Crippen LogP contribution in [0.4, 0.5) is 0 Å². The largest absolute Gasteiger partial charge is 0.272 e. The van der Waals surface area contributed by atoms with Gasteiger partial charge < -0.3 is 0 Å². The molecule has 1 aromatic heterocycles. The monoisotopic (exact) mass is 351 g/mol. The van der Waals surface area contributed by atoms with Crippen LogP contribution in [-0.4, -0.2) is 22.6 Å². The topological polar surface area (TPSA) is 71.1 Å². The van der Waals surface area contributed by atoms with E-state index in [-0.39, 0.29) is 17.6 Å². The number of pyridine rings is 1. The van der Waals surface area contributed by atoms with E-state index < -0.39 is 0 Å². The fourth-order valence-electron chi connectivity index (χ4n) is 2.36. The van der Waals surface area contributed by atoms with Crippen molar-refractivity contribution in [1.82, 2.24) is 15.8 Å². The summed E-state index contributed by atoms with van der Waals surface area (Å²) in [6.07, 6.45) is 0. The summed E-state index contributed by atoms with van der Waals surface area (Å²) in [4.78, 5) is 29.4. The lowest BCUT2D eigenvalue weighted by molar-refractivity contribution is -0.119. The maximum Gasteiger partial charge on any atom is 0.269 e. The highest BCUT2D eigenvalue weighted by atomic mass is 32.2. The number of hydrogen-bond donors (Lipinski definition) is 2. The molecule has 0 aliphatic carbocycles. The minimum Gasteiger partial charge on any atom is -0.272 e. The van der Waals surface area contributed by atoms with Crippen molar-refractivity contribution in [2.75, 3.05) is 5.75 Å². The number of benzene rings is 2. The van der Waals surface area contributed by atoms with Gasteiger partial charge in [0, 0.05) is 21.5 Å². The van der Waals surface area contributed by atoms with Gasteiger partial charge in [0.2, 0.25) is 5.91 Å². The van der Waals surface area contributed by atoms with Gasteiger partial charge in [0.1, 0.15) is 0 Å². The van der Waals surface area contributed by atoms with Crippen molar-refractivity contribution in [3.05, 3.63) is 71.9 Å². The molecule has 3 aromatic rings. The number of aryl methyl sites for hydroxylation is 1. The summed E-state index contributed by atoms with van der Waals surface area (Å²) in [6, 6.07) is 18.5. The zero-order valence-electron chi connectivity index (χ0n) is 13.7. The summed E-state index contributed by atoms with van der Waals surface area (Å²) in [7, 11) is 0. The molecule has 2 amide bonds. The second-order valence-corrected chi connectivity index (χ2v) is 6.45. The molecule has 0 spiro atoms. The van der Waals surface area contributed by atoms with Crippen molar-refractivity contribution in [3.63, 3.8) is 0 Å². The normalized spacial score (nSPS) is 10.4. The van der Waals surface area contributed by atoms with E-state index in [1.165, 1.54) is 11.8 Å². The van der Waals surface area contributed by atoms with E-state index in [0.29, 0.717) is 5.56 Å². The van der Waals surface area contributed by atoms with Crippen LogP contribution in [0.1, 0.15) is 16.1 Å². The SMILES string of the molecule is Cc1cc(SCC(=O)NNC(=O)c2ccccc2)c2ccccc2n1. The number of thioether (sulfide) groups is 1. The molecule has 0 saturated carbocycles. The Morgan fingerprint density at radius 3 is 2.52 bits per heavy atom. The van der Waals surface area contributed by atoms with Crippen LogP contribution in [0.2, 0.25) is 0 Å². The van der Waals surface area contributed by atoms with E-state index in [1.54, 1.807) is 24.3 Å². The van der Waals surface area contributed by atoms with Gasteiger partial charge in [0.05, 0.1) is 11.3 Å². The molecular weight excluding hydrogens is 334 g/mol. The third-order valence-corrected chi connectivity index (χ3v) is 4.57. The molecule has 0 aliphatic heterocycles. The maximum atomic E-state index is 12.0. The van der Waals surface area contributed by atoms with E-state index in [0.717, 1.165) is 21.5 Å². The second-order valence-electron chi connectivity index (χ2n) is 5.44. The van der Waals surface area contributed by atoms with Crippen molar-refractivity contribution >= 4 is 34.5 Å². The average Bonchev–Trinajstić information content (AvgIpc) is 2.64. The van der Waals surface area contributed by atoms with Crippen LogP contribution in [0.3, 0.4) is 0 Å². The number of nitrogens with zero attached hydrogens (tertiary/aromatic N) is 1. The number of carbonyl (C=O) groups excluding carboxylic acids is 2. The zero-order chi connectivity index (χ0) is 17.6. The van der Waals surface area contributed by atoms with Gasteiger partial charge in [0.25, 0.3) is 5.91 Å². The number of para-hydroxylation sites is 1. The fraction of sp³-hybridized carbons (Fsp3) is 0.105. The highest BCUT2D eigenvalue weighted by molar-refractivity contribution is 8.00. The Labute approximate surface area is 149 Å². The first-order valence-corrected chi connectivity index (χ1v) is 8.75. The molecule has 0 atom stereocenters. The highest BCUT2D eigenvalue weighted by Gasteiger charge is 2.09. The Morgan fingerprint density at radius 1 is 1.00 bits per heavy atom. The van der Waals surface area contributed by atoms with Gasteiger partial charge in [-0.1, -0.05) is 36.4 Å². The Hall–Kier alpha value is -2.86. The first-order chi connectivity index (χ1) is 12.1. The second kappa shape index (κ2) is 7.81. The van der Waals surface area contributed by atoms with Crippen LogP contribution in [0.5, 0.6) is 0 Å². The molecule has 126 valence electrons. The quantitative estimate of drug-likeness (QED) is 0.560. The van der Waals surface area contributed by atoms with Crippen LogP contribution in [0, 0.1) is 6.92 Å². The third kappa shape index (κ3) is 4.36. The predicted octanol–water partition coefficient (Wildman–Crippen LogP) is 3.10. The lowest BCUT2D eigenvalue weighted by Crippen LogP contribution is -2.42. The molecule has 25 heavy (non-hydrogen) atoms. The van der Waals surface area contributed by atoms with E-state index >= 15 is 0 Å². The number of rotatable bonds is 4. The number of fused-ring (bicyclic) bond motifs is 1. The number of hydrazine groups is 1. The Morgan fingerprint density at radius 2 is 1.72 bits per heavy atom. The van der Waals surface area contributed by atoms with Crippen molar-refractivity contribution in [2.24, 2.45) is 0 Å². The van der Waals surface area contributed by atoms with Gasteiger partial charge in [-0.05, 0) is 31.2 Å². The summed E-state index contributed by atoms with van der Waals surface area (Å²) in [6.45, 7) is 1.93. The average molecular weight is 351 g/mol. The molecule has 6 heteroatoms. The molecule has 2 aromatic carbocycles. The van der Waals surface area contributed by atoms with Gasteiger partial charge in [-0.3, -0.25) is 25.4 Å². The number of nitrogens with one attached hydrogen (secondary N) is 2. The van der Waals surface area contributed by atoms with E-state index in [9.17, 15) is 9.59 Å². The van der Waals surface area contributed by atoms with E-state index in [2.05, 4.69) is 15.8 Å². The maximum absolute atomic E-state index is 12.0. The number of hydrogen-bond acceptors (Lipinski definition) is 4. The van der Waals surface area contributed by atoms with Crippen LogP contribution in [0.25, 0.3) is 10.9 Å². The summed E-state index contributed by atoms with van der Waals surface area (Å²) < 4.78 is 0. The first-order valence-electron chi connectivity index (χ1n) is 7.77. The summed E-state index contributed by atoms with van der Waals surface area (Å²) in [5.41, 5.74) is 7.16. The van der Waals surface area contributed by atoms with Crippen molar-refractivity contribution in [3.8, 4) is 0 Å². The van der Waals surface area contributed by atoms with Gasteiger partial charge >= 0.3 is 0 Å². The van der Waals surface area contributed by atoms with Gasteiger partial charge in [0.15, 0.2) is 0 Å². The highest BCUT2D eigenvalue weighted by Crippen LogP contribution is 2.27. The van der Waals surface area contributed by atoms with Crippen molar-refractivity contribution < 1.29 is 9.59 Å². The van der Waals surface area contributed by atoms with Crippen molar-refractivity contribution in [1.29, 1.82) is 0 Å². The molecule has 5 nitrogen and oxygen atoms in total. The van der Waals surface area contributed by atoms with Gasteiger partial charge in [-0.15, -0.1) is 11.8 Å². The summed E-state index contributed by atoms with van der Waals surface area (Å²) in [5, 5.41) is 1.01. The standard InChI is InChI=1S/C19H17N3O2S/c1-13-11-17(15-9-5-6-10-16(15)20-13)25-12-18(23)21-22-19(24)14-7-3-2-4-8-14/h2-11H,12H2,1H3,(H,21,23)(H,22,24). The molecular formula is C19H17N3O2S. The molecule has 0 radical (unpaired) electrons. The summed E-state index contributed by atoms with van der Waals surface area (Å²) in [5.74, 6) is -0.417. The lowest BCUT2D eigenvalue weighted by atomic mass is 10.2. The lowest BCUT2D eigenvalue weighted by Gasteiger charge is -2.09. The van der Waals surface area contributed by atoms with Gasteiger partial charge in [-0.25, -0.2) is 0 Å². The molecule has 2 N–H and O–H groups in total. The number of amides is 2. The molecule has 1 heterocycles. The predicted molar refractivity (Wildman–Crippen MR) is 99.3 cm³/mol. The van der Waals surface area contributed by atoms with Crippen LogP contribution < -0.4 is 10.9 Å². The van der Waals surface area contributed by atoms with Crippen LogP contribution in [0.15, 0.2) is 65.6 Å². The minimum absolute atomic E-state index is 0.197. The molecule has 0 bridgehead atoms. The number of carbonyl (C=O) groups is 2. The van der Waals surface area contributed by atoms with Crippen LogP contribution >= 0.6 is 11.8 Å². The smallest absolute Gasteiger partial charge is 0.269 e. The van der Waals surface area contributed by atoms with Crippen molar-refractivity contribution in [2.45, 2.75) is 11.8 Å². The zero-order valence-corrected chi connectivity index (χ0v) is 14.5. The molecule has 0 aliphatic rings. The number of aromatic nitrogens is 1. The Bertz CT molecular complexity index is 913. The Balaban J connectivity index is 1.59. The Kier molecular flexibility index (Phi) is 5.30. The molecule has 0 unspecified atom stereocenters. The molecule has 0 saturated heterocycles. The molecule has 3 rings (SSSR count). The van der Waals surface area contributed by atoms with E-state index in [4.69, 9.17) is 0 Å². The van der Waals surface area contributed by atoms with Gasteiger partial charge in [-0.2, -0.15) is 0 Å². The van der Waals surface area contributed by atoms with E-state index in [1.807, 2.05) is 43.3 Å². The fourth-order valence-corrected chi connectivity index (χ4v) is 3.30. The van der Waals surface area contributed by atoms with Crippen LogP contribution in [-0.2, 0) is 4.79 Å². The summed E-state index contributed by atoms with van der Waals surface area (Å²) >= 11 is 1.42. The molecule has 0 fully saturated rings. The minimum atomic E-state index is -0.343.